The molecule has 0 aliphatic carbocycles. The number of hydrogen-bond acceptors (Lipinski definition) is 2. The van der Waals surface area contributed by atoms with Gasteiger partial charge in [0.2, 0.25) is 0 Å². The van der Waals surface area contributed by atoms with E-state index in [-0.39, 0.29) is 0 Å². The van der Waals surface area contributed by atoms with E-state index < -0.39 is 0 Å². The second-order valence-corrected chi connectivity index (χ2v) is 6.91. The van der Waals surface area contributed by atoms with Crippen molar-refractivity contribution >= 4 is 23.5 Å². The van der Waals surface area contributed by atoms with Crippen molar-refractivity contribution in [2.24, 2.45) is 0 Å². The van der Waals surface area contributed by atoms with Crippen LogP contribution in [0, 0.1) is 0 Å². The van der Waals surface area contributed by atoms with E-state index in [4.69, 9.17) is 0 Å². The average molecular weight is 252 g/mol. The highest BCUT2D eigenvalue weighted by molar-refractivity contribution is 8.07. The Hall–Kier alpha value is -0.340. The van der Waals surface area contributed by atoms with Gasteiger partial charge in [0.25, 0.3) is 0 Å². The van der Waals surface area contributed by atoms with Gasteiger partial charge in [0.15, 0.2) is 0 Å². The molecule has 0 aromatic rings. The van der Waals surface area contributed by atoms with Crippen LogP contribution in [0.3, 0.4) is 0 Å². The highest BCUT2D eigenvalue weighted by Gasteiger charge is 2.05. The molecule has 0 bridgehead atoms. The molecule has 0 aromatic carbocycles. The summed E-state index contributed by atoms with van der Waals surface area (Å²) >= 11 is 3.69. The predicted molar refractivity (Wildman–Crippen MR) is 79.4 cm³/mol. The number of hydrogen-bond donors (Lipinski definition) is 0. The predicted octanol–water partition coefficient (Wildman–Crippen LogP) is 5.86. The van der Waals surface area contributed by atoms with Crippen LogP contribution >= 0.6 is 23.5 Å². The molecule has 88 valence electrons. The molecule has 1 aliphatic heterocycles. The van der Waals surface area contributed by atoms with E-state index >= 15 is 0 Å². The van der Waals surface area contributed by atoms with Gasteiger partial charge >= 0.3 is 0 Å². The van der Waals surface area contributed by atoms with Gasteiger partial charge in [-0.3, -0.25) is 0 Å². The summed E-state index contributed by atoms with van der Waals surface area (Å²) in [6, 6.07) is 0. The molecule has 2 heteroatoms. The third-order valence-corrected chi connectivity index (χ3v) is 4.11. The minimum absolute atomic E-state index is 1.13. The molecule has 0 radical (unpaired) electrons. The zero-order chi connectivity index (χ0) is 12.0. The fourth-order valence-electron chi connectivity index (χ4n) is 1.51. The molecule has 0 amide bonds. The zero-order valence-electron chi connectivity index (χ0n) is 10.4. The standard InChI is InChI=1S/C14H20S2/c1-11(2)15-12(3)7-5-6-8-14-10-9-13(4)16-14/h7-9H,1,5-6,10H2,2-4H3/b12-7-,14-8+. The molecule has 0 fully saturated rings. The number of thioether (sulfide) groups is 2. The monoisotopic (exact) mass is 252 g/mol. The van der Waals surface area contributed by atoms with Gasteiger partial charge in [-0.05, 0) is 59.7 Å². The lowest BCUT2D eigenvalue weighted by molar-refractivity contribution is 1.04. The Labute approximate surface area is 108 Å². The van der Waals surface area contributed by atoms with Crippen molar-refractivity contribution in [2.75, 3.05) is 0 Å². The maximum absolute atomic E-state index is 3.89. The van der Waals surface area contributed by atoms with Gasteiger partial charge in [0.05, 0.1) is 0 Å². The maximum atomic E-state index is 3.89. The number of rotatable bonds is 5. The third kappa shape index (κ3) is 5.66. The topological polar surface area (TPSA) is 0 Å². The summed E-state index contributed by atoms with van der Waals surface area (Å²) in [4.78, 5) is 5.48. The first-order valence-corrected chi connectivity index (χ1v) is 7.25. The first-order valence-electron chi connectivity index (χ1n) is 5.61. The Morgan fingerprint density at radius 3 is 2.81 bits per heavy atom. The molecular formula is C14H20S2. The van der Waals surface area contributed by atoms with Crippen molar-refractivity contribution in [3.8, 4) is 0 Å². The van der Waals surface area contributed by atoms with Gasteiger partial charge in [0, 0.05) is 0 Å². The molecule has 0 atom stereocenters. The molecule has 0 spiro atoms. The van der Waals surface area contributed by atoms with Crippen LogP contribution < -0.4 is 0 Å². The van der Waals surface area contributed by atoms with Crippen LogP contribution in [0.4, 0.5) is 0 Å². The summed E-state index contributed by atoms with van der Waals surface area (Å²) in [7, 11) is 0. The van der Waals surface area contributed by atoms with Crippen LogP contribution in [-0.4, -0.2) is 0 Å². The van der Waals surface area contributed by atoms with Crippen molar-refractivity contribution in [3.63, 3.8) is 0 Å². The first-order chi connectivity index (χ1) is 7.58. The minimum atomic E-state index is 1.13. The Balaban J connectivity index is 2.23. The first kappa shape index (κ1) is 13.7. The normalized spacial score (nSPS) is 19.1. The zero-order valence-corrected chi connectivity index (χ0v) is 12.0. The Kier molecular flexibility index (Phi) is 6.07. The molecule has 1 aliphatic rings. The number of allylic oxidation sites excluding steroid dienone is 7. The van der Waals surface area contributed by atoms with Crippen LogP contribution in [0.25, 0.3) is 0 Å². The highest BCUT2D eigenvalue weighted by Crippen LogP contribution is 2.35. The van der Waals surface area contributed by atoms with Gasteiger partial charge in [-0.1, -0.05) is 36.6 Å². The van der Waals surface area contributed by atoms with Crippen LogP contribution in [0.1, 0.15) is 40.0 Å². The Morgan fingerprint density at radius 2 is 2.25 bits per heavy atom. The van der Waals surface area contributed by atoms with Gasteiger partial charge < -0.3 is 0 Å². The van der Waals surface area contributed by atoms with Gasteiger partial charge in [-0.2, -0.15) is 0 Å². The van der Waals surface area contributed by atoms with E-state index in [9.17, 15) is 0 Å². The Bertz CT molecular complexity index is 346. The molecular weight excluding hydrogens is 232 g/mol. The van der Waals surface area contributed by atoms with Crippen molar-refractivity contribution in [1.29, 1.82) is 0 Å². The lowest BCUT2D eigenvalue weighted by atomic mass is 10.2. The third-order valence-electron chi connectivity index (χ3n) is 2.19. The van der Waals surface area contributed by atoms with E-state index in [0.29, 0.717) is 0 Å². The molecule has 0 aromatic heterocycles. The SMILES string of the molecule is C=C(C)S/C(C)=C\CC/C=C1\CC=C(C)S1. The van der Waals surface area contributed by atoms with Crippen molar-refractivity contribution in [3.05, 3.63) is 44.4 Å². The summed E-state index contributed by atoms with van der Waals surface area (Å²) in [6.07, 6.45) is 10.4. The van der Waals surface area contributed by atoms with Gasteiger partial charge in [0.1, 0.15) is 0 Å². The fourth-order valence-corrected chi connectivity index (χ4v) is 3.21. The summed E-state index contributed by atoms with van der Waals surface area (Å²) in [6.45, 7) is 10.3. The van der Waals surface area contributed by atoms with Crippen LogP contribution in [0.2, 0.25) is 0 Å². The molecule has 1 rings (SSSR count). The fraction of sp³-hybridized carbons (Fsp3) is 0.429. The lowest BCUT2D eigenvalue weighted by Crippen LogP contribution is -1.73. The average Bonchev–Trinajstić information content (AvgIpc) is 2.58. The van der Waals surface area contributed by atoms with E-state index in [0.717, 1.165) is 19.3 Å². The summed E-state index contributed by atoms with van der Waals surface area (Å²) < 4.78 is 0. The smallest absolute Gasteiger partial charge is 0.00261 e. The highest BCUT2D eigenvalue weighted by atomic mass is 32.2. The van der Waals surface area contributed by atoms with E-state index in [2.05, 4.69) is 38.7 Å². The Morgan fingerprint density at radius 1 is 1.50 bits per heavy atom. The maximum Gasteiger partial charge on any atom is -0.00261 e. The van der Waals surface area contributed by atoms with Gasteiger partial charge in [-0.25, -0.2) is 0 Å². The molecule has 1 heterocycles. The molecule has 0 saturated carbocycles. The molecule has 0 nitrogen and oxygen atoms in total. The van der Waals surface area contributed by atoms with Crippen LogP contribution in [0.5, 0.6) is 0 Å². The second-order valence-electron chi connectivity index (χ2n) is 3.99. The summed E-state index contributed by atoms with van der Waals surface area (Å²) in [5.74, 6) is 0. The largest absolute Gasteiger partial charge is 0.101 e. The molecule has 0 saturated heterocycles. The molecule has 0 N–H and O–H groups in total. The van der Waals surface area contributed by atoms with Crippen LogP contribution in [0.15, 0.2) is 44.4 Å². The van der Waals surface area contributed by atoms with Crippen molar-refractivity contribution in [1.82, 2.24) is 0 Å². The van der Waals surface area contributed by atoms with E-state index in [1.807, 2.05) is 18.7 Å². The van der Waals surface area contributed by atoms with E-state index in [1.54, 1.807) is 11.8 Å². The number of unbranched alkanes of at least 4 members (excludes halogenated alkanes) is 1. The van der Waals surface area contributed by atoms with E-state index in [1.165, 1.54) is 19.6 Å². The van der Waals surface area contributed by atoms with Crippen molar-refractivity contribution < 1.29 is 0 Å². The van der Waals surface area contributed by atoms with Crippen molar-refractivity contribution in [2.45, 2.75) is 40.0 Å². The lowest BCUT2D eigenvalue weighted by Gasteiger charge is -1.99. The second kappa shape index (κ2) is 7.08. The summed E-state index contributed by atoms with van der Waals surface area (Å²) in [5, 5.41) is 0. The van der Waals surface area contributed by atoms with Crippen LogP contribution in [-0.2, 0) is 0 Å². The van der Waals surface area contributed by atoms with Gasteiger partial charge in [-0.15, -0.1) is 11.8 Å². The molecule has 0 unspecified atom stereocenters. The molecule has 16 heavy (non-hydrogen) atoms. The quantitative estimate of drug-likeness (QED) is 0.562. The summed E-state index contributed by atoms with van der Waals surface area (Å²) in [5.41, 5.74) is 0. The minimum Gasteiger partial charge on any atom is -0.101 e.